The molecule has 0 bridgehead atoms. The summed E-state index contributed by atoms with van der Waals surface area (Å²) in [4.78, 5) is 3.30. The van der Waals surface area contributed by atoms with Gasteiger partial charge in [-0.15, -0.1) is 0 Å². The molecule has 2 heteroatoms. The molecule has 2 nitrogen and oxygen atoms in total. The lowest BCUT2D eigenvalue weighted by atomic mass is 10.1. The van der Waals surface area contributed by atoms with E-state index in [0.29, 0.717) is 6.17 Å². The summed E-state index contributed by atoms with van der Waals surface area (Å²) in [6, 6.07) is 32.4. The van der Waals surface area contributed by atoms with Gasteiger partial charge in [-0.1, -0.05) is 91.0 Å². The molecule has 1 saturated heterocycles. The van der Waals surface area contributed by atoms with Crippen molar-refractivity contribution < 1.29 is 9.80 Å². The van der Waals surface area contributed by atoms with Crippen LogP contribution in [0.25, 0.3) is 6.08 Å². The molecule has 1 fully saturated rings. The van der Waals surface area contributed by atoms with E-state index in [1.165, 1.54) is 29.8 Å². The van der Waals surface area contributed by atoms with Crippen LogP contribution in [-0.2, 0) is 13.1 Å². The summed E-state index contributed by atoms with van der Waals surface area (Å²) in [7, 11) is 0. The molecule has 3 aromatic rings. The van der Waals surface area contributed by atoms with E-state index in [1.54, 1.807) is 9.80 Å². The second-order valence-corrected chi connectivity index (χ2v) is 7.39. The molecule has 0 saturated carbocycles. The maximum absolute atomic E-state index is 2.43. The summed E-state index contributed by atoms with van der Waals surface area (Å²) in [6.45, 7) is 4.59. The van der Waals surface area contributed by atoms with Crippen LogP contribution in [-0.4, -0.2) is 19.3 Å². The van der Waals surface area contributed by atoms with E-state index in [1.807, 2.05) is 0 Å². The van der Waals surface area contributed by atoms with E-state index in [0.717, 1.165) is 13.1 Å². The standard InChI is InChI=1S/C25H26N2/c1-4-10-22(11-5-1)16-17-25-26(20-23-12-6-2-7-13-23)18-19-27(25)21-24-14-8-3-9-15-24/h1-17,25H,18-21H2/p+2/b17-16+. The van der Waals surface area contributed by atoms with E-state index >= 15 is 0 Å². The minimum atomic E-state index is 0.477. The topological polar surface area (TPSA) is 8.88 Å². The van der Waals surface area contributed by atoms with E-state index in [2.05, 4.69) is 103 Å². The van der Waals surface area contributed by atoms with Gasteiger partial charge in [-0.2, -0.15) is 0 Å². The van der Waals surface area contributed by atoms with Crippen molar-refractivity contribution in [2.45, 2.75) is 19.3 Å². The predicted molar refractivity (Wildman–Crippen MR) is 111 cm³/mol. The third-order valence-electron chi connectivity index (χ3n) is 5.48. The Balaban J connectivity index is 1.54. The van der Waals surface area contributed by atoms with Gasteiger partial charge < -0.3 is 0 Å². The number of nitrogens with one attached hydrogen (secondary N) is 2. The first kappa shape index (κ1) is 17.7. The van der Waals surface area contributed by atoms with E-state index in [4.69, 9.17) is 0 Å². The maximum Gasteiger partial charge on any atom is 0.234 e. The summed E-state index contributed by atoms with van der Waals surface area (Å²) >= 11 is 0. The molecule has 2 atom stereocenters. The fourth-order valence-corrected chi connectivity index (χ4v) is 4.08. The molecule has 27 heavy (non-hydrogen) atoms. The fraction of sp³-hybridized carbons (Fsp3) is 0.200. The van der Waals surface area contributed by atoms with Crippen LogP contribution >= 0.6 is 0 Å². The molecule has 1 aliphatic rings. The number of quaternary nitrogens is 2. The SMILES string of the molecule is C(=C\C1[NH+](Cc2ccccc2)CC[NH+]1Cc1ccccc1)/c1ccccc1. The lowest BCUT2D eigenvalue weighted by Gasteiger charge is -2.22. The van der Waals surface area contributed by atoms with Gasteiger partial charge in [0, 0.05) is 17.2 Å². The summed E-state index contributed by atoms with van der Waals surface area (Å²) in [5, 5.41) is 0. The van der Waals surface area contributed by atoms with Crippen LogP contribution in [0.15, 0.2) is 97.1 Å². The van der Waals surface area contributed by atoms with Gasteiger partial charge in [-0.05, 0) is 11.6 Å². The summed E-state index contributed by atoms with van der Waals surface area (Å²) in [6.07, 6.45) is 5.20. The van der Waals surface area contributed by atoms with Crippen molar-refractivity contribution in [3.63, 3.8) is 0 Å². The first-order valence-electron chi connectivity index (χ1n) is 9.89. The van der Waals surface area contributed by atoms with Gasteiger partial charge in [-0.25, -0.2) is 0 Å². The molecule has 0 amide bonds. The van der Waals surface area contributed by atoms with E-state index < -0.39 is 0 Å². The lowest BCUT2D eigenvalue weighted by molar-refractivity contribution is -1.07. The van der Waals surface area contributed by atoms with Crippen molar-refractivity contribution >= 4 is 6.08 Å². The number of hydrogen-bond acceptors (Lipinski definition) is 0. The van der Waals surface area contributed by atoms with Crippen molar-refractivity contribution in [1.29, 1.82) is 0 Å². The highest BCUT2D eigenvalue weighted by molar-refractivity contribution is 5.48. The van der Waals surface area contributed by atoms with Crippen LogP contribution in [0.1, 0.15) is 16.7 Å². The third kappa shape index (κ3) is 4.73. The van der Waals surface area contributed by atoms with Crippen molar-refractivity contribution in [2.24, 2.45) is 0 Å². The van der Waals surface area contributed by atoms with Crippen LogP contribution in [0.5, 0.6) is 0 Å². The van der Waals surface area contributed by atoms with Gasteiger partial charge in [0.05, 0.1) is 0 Å². The van der Waals surface area contributed by atoms with Crippen LogP contribution in [0.4, 0.5) is 0 Å². The third-order valence-corrected chi connectivity index (χ3v) is 5.48. The Bertz CT molecular complexity index is 794. The first-order valence-corrected chi connectivity index (χ1v) is 9.89. The zero-order valence-electron chi connectivity index (χ0n) is 15.7. The quantitative estimate of drug-likeness (QED) is 0.670. The normalized spacial score (nSPS) is 22.3. The molecule has 1 aliphatic heterocycles. The minimum absolute atomic E-state index is 0.477. The largest absolute Gasteiger partial charge is 0.274 e. The first-order chi connectivity index (χ1) is 13.4. The summed E-state index contributed by atoms with van der Waals surface area (Å²) < 4.78 is 0. The molecular weight excluding hydrogens is 328 g/mol. The Morgan fingerprint density at radius 1 is 0.630 bits per heavy atom. The molecule has 3 aromatic carbocycles. The second kappa shape index (κ2) is 8.81. The Hall–Kier alpha value is -2.68. The second-order valence-electron chi connectivity index (χ2n) is 7.39. The van der Waals surface area contributed by atoms with Crippen molar-refractivity contribution in [3.8, 4) is 0 Å². The van der Waals surface area contributed by atoms with Gasteiger partial charge >= 0.3 is 0 Å². The summed E-state index contributed by atoms with van der Waals surface area (Å²) in [5.74, 6) is 0. The van der Waals surface area contributed by atoms with E-state index in [9.17, 15) is 0 Å². The molecule has 4 rings (SSSR count). The molecular formula is C25H28N2+2. The van der Waals surface area contributed by atoms with Gasteiger partial charge in [0.1, 0.15) is 26.2 Å². The highest BCUT2D eigenvalue weighted by atomic mass is 15.4. The molecule has 0 radical (unpaired) electrons. The van der Waals surface area contributed by atoms with Crippen LogP contribution in [0.2, 0.25) is 0 Å². The average Bonchev–Trinajstić information content (AvgIpc) is 3.10. The zero-order valence-corrected chi connectivity index (χ0v) is 15.7. The lowest BCUT2D eigenvalue weighted by Crippen LogP contribution is -3.27. The number of rotatable bonds is 6. The molecule has 0 spiro atoms. The maximum atomic E-state index is 2.43. The predicted octanol–water partition coefficient (Wildman–Crippen LogP) is 2.21. The monoisotopic (exact) mass is 356 g/mol. The van der Waals surface area contributed by atoms with Crippen LogP contribution < -0.4 is 9.80 Å². The minimum Gasteiger partial charge on any atom is -0.274 e. The van der Waals surface area contributed by atoms with Gasteiger partial charge in [-0.3, -0.25) is 9.80 Å². The smallest absolute Gasteiger partial charge is 0.234 e. The Kier molecular flexibility index (Phi) is 5.78. The number of hydrogen-bond donors (Lipinski definition) is 2. The molecule has 0 aliphatic carbocycles. The Labute approximate surface area is 162 Å². The van der Waals surface area contributed by atoms with Crippen LogP contribution in [0, 0.1) is 0 Å². The summed E-state index contributed by atoms with van der Waals surface area (Å²) in [5.41, 5.74) is 4.13. The molecule has 136 valence electrons. The van der Waals surface area contributed by atoms with Crippen molar-refractivity contribution in [1.82, 2.24) is 0 Å². The average molecular weight is 357 g/mol. The van der Waals surface area contributed by atoms with Gasteiger partial charge in [0.25, 0.3) is 0 Å². The van der Waals surface area contributed by atoms with Gasteiger partial charge in [0.15, 0.2) is 0 Å². The Morgan fingerprint density at radius 3 is 1.56 bits per heavy atom. The zero-order chi connectivity index (χ0) is 18.3. The van der Waals surface area contributed by atoms with E-state index in [-0.39, 0.29) is 0 Å². The highest BCUT2D eigenvalue weighted by Crippen LogP contribution is 2.02. The highest BCUT2D eigenvalue weighted by Gasteiger charge is 2.37. The fourth-order valence-electron chi connectivity index (χ4n) is 4.08. The van der Waals surface area contributed by atoms with Gasteiger partial charge in [0.2, 0.25) is 6.17 Å². The molecule has 2 unspecified atom stereocenters. The Morgan fingerprint density at radius 2 is 1.07 bits per heavy atom. The van der Waals surface area contributed by atoms with Crippen molar-refractivity contribution in [3.05, 3.63) is 114 Å². The molecule has 2 N–H and O–H groups in total. The molecule has 1 heterocycles. The number of benzene rings is 3. The van der Waals surface area contributed by atoms with Crippen molar-refractivity contribution in [2.75, 3.05) is 13.1 Å². The molecule has 0 aromatic heterocycles. The van der Waals surface area contributed by atoms with Crippen LogP contribution in [0.3, 0.4) is 0 Å².